The second-order valence-corrected chi connectivity index (χ2v) is 3.33. The zero-order chi connectivity index (χ0) is 10.4. The fraction of sp³-hybridized carbons (Fsp3) is 0.455. The molecule has 0 aromatic heterocycles. The van der Waals surface area contributed by atoms with Crippen LogP contribution in [0, 0.1) is 0 Å². The summed E-state index contributed by atoms with van der Waals surface area (Å²) in [6.45, 7) is 2.86. The average molecular weight is 194 g/mol. The number of ether oxygens (including phenoxy) is 1. The minimum atomic E-state index is 0.364. The molecule has 1 unspecified atom stereocenters. The third-order valence-electron chi connectivity index (χ3n) is 2.14. The van der Waals surface area contributed by atoms with Gasteiger partial charge in [0.1, 0.15) is 0 Å². The van der Waals surface area contributed by atoms with Crippen molar-refractivity contribution in [1.29, 1.82) is 0 Å². The monoisotopic (exact) mass is 194 g/mol. The molecule has 1 atom stereocenters. The number of nitrogen functional groups attached to an aromatic ring is 1. The van der Waals surface area contributed by atoms with Crippen LogP contribution < -0.4 is 11.1 Å². The van der Waals surface area contributed by atoms with Gasteiger partial charge >= 0.3 is 0 Å². The highest BCUT2D eigenvalue weighted by Crippen LogP contribution is 2.12. The molecule has 1 aromatic carbocycles. The van der Waals surface area contributed by atoms with Crippen LogP contribution in [-0.4, -0.2) is 19.8 Å². The summed E-state index contributed by atoms with van der Waals surface area (Å²) in [6, 6.07) is 8.11. The maximum absolute atomic E-state index is 5.60. The Morgan fingerprint density at radius 2 is 2.00 bits per heavy atom. The van der Waals surface area contributed by atoms with Crippen LogP contribution in [-0.2, 0) is 4.74 Å². The summed E-state index contributed by atoms with van der Waals surface area (Å²) in [5, 5.41) is 3.38. The lowest BCUT2D eigenvalue weighted by Crippen LogP contribution is -2.23. The summed E-state index contributed by atoms with van der Waals surface area (Å²) in [5.74, 6) is 0. The van der Waals surface area contributed by atoms with Gasteiger partial charge in [-0.25, -0.2) is 0 Å². The first kappa shape index (κ1) is 10.9. The summed E-state index contributed by atoms with van der Waals surface area (Å²) in [5.41, 5.74) is 7.47. The molecule has 78 valence electrons. The number of hydrogen-bond acceptors (Lipinski definition) is 3. The maximum atomic E-state index is 5.60. The molecular formula is C11H18N2O. The van der Waals surface area contributed by atoms with E-state index in [4.69, 9.17) is 10.5 Å². The fourth-order valence-corrected chi connectivity index (χ4v) is 1.28. The standard InChI is InChI=1S/C11H18N2O/c1-3-10(8-14-2)13-11-6-4-9(12)5-7-11/h4-7,10,13H,3,8,12H2,1-2H3. The van der Waals surface area contributed by atoms with Crippen LogP contribution in [0.25, 0.3) is 0 Å². The summed E-state index contributed by atoms with van der Waals surface area (Å²) in [4.78, 5) is 0. The second kappa shape index (κ2) is 5.50. The zero-order valence-corrected chi connectivity index (χ0v) is 8.79. The van der Waals surface area contributed by atoms with E-state index >= 15 is 0 Å². The fourth-order valence-electron chi connectivity index (χ4n) is 1.28. The van der Waals surface area contributed by atoms with Crippen LogP contribution in [0.15, 0.2) is 24.3 Å². The molecule has 14 heavy (non-hydrogen) atoms. The largest absolute Gasteiger partial charge is 0.399 e. The van der Waals surface area contributed by atoms with Gasteiger partial charge in [-0.1, -0.05) is 6.92 Å². The van der Waals surface area contributed by atoms with Crippen molar-refractivity contribution in [2.45, 2.75) is 19.4 Å². The van der Waals surface area contributed by atoms with Crippen molar-refractivity contribution in [3.8, 4) is 0 Å². The minimum absolute atomic E-state index is 0.364. The molecule has 0 bridgehead atoms. The molecule has 3 nitrogen and oxygen atoms in total. The number of methoxy groups -OCH3 is 1. The molecule has 0 aliphatic carbocycles. The van der Waals surface area contributed by atoms with E-state index in [1.165, 1.54) is 0 Å². The number of anilines is 2. The van der Waals surface area contributed by atoms with Crippen LogP contribution >= 0.6 is 0 Å². The van der Waals surface area contributed by atoms with Gasteiger partial charge in [-0.05, 0) is 30.7 Å². The SMILES string of the molecule is CCC(COC)Nc1ccc(N)cc1. The lowest BCUT2D eigenvalue weighted by Gasteiger charge is -2.17. The highest BCUT2D eigenvalue weighted by molar-refractivity contribution is 5.51. The van der Waals surface area contributed by atoms with E-state index in [0.29, 0.717) is 6.04 Å². The van der Waals surface area contributed by atoms with Crippen LogP contribution in [0.1, 0.15) is 13.3 Å². The molecule has 3 heteroatoms. The summed E-state index contributed by atoms with van der Waals surface area (Å²) < 4.78 is 5.10. The van der Waals surface area contributed by atoms with Gasteiger partial charge in [0.2, 0.25) is 0 Å². The van der Waals surface area contributed by atoms with Crippen molar-refractivity contribution in [2.24, 2.45) is 0 Å². The topological polar surface area (TPSA) is 47.3 Å². The lowest BCUT2D eigenvalue weighted by atomic mass is 10.2. The molecule has 0 fully saturated rings. The van der Waals surface area contributed by atoms with Crippen molar-refractivity contribution in [2.75, 3.05) is 24.8 Å². The highest BCUT2D eigenvalue weighted by atomic mass is 16.5. The quantitative estimate of drug-likeness (QED) is 0.706. The van der Waals surface area contributed by atoms with Crippen molar-refractivity contribution < 1.29 is 4.74 Å². The van der Waals surface area contributed by atoms with Gasteiger partial charge in [0.05, 0.1) is 6.61 Å². The Balaban J connectivity index is 2.53. The van der Waals surface area contributed by atoms with Gasteiger partial charge in [0.15, 0.2) is 0 Å². The molecule has 3 N–H and O–H groups in total. The Kier molecular flexibility index (Phi) is 4.26. The Labute approximate surface area is 85.3 Å². The number of benzene rings is 1. The summed E-state index contributed by atoms with van der Waals surface area (Å²) >= 11 is 0. The number of nitrogens with one attached hydrogen (secondary N) is 1. The minimum Gasteiger partial charge on any atom is -0.399 e. The third-order valence-corrected chi connectivity index (χ3v) is 2.14. The molecule has 0 saturated carbocycles. The number of nitrogens with two attached hydrogens (primary N) is 1. The first-order valence-corrected chi connectivity index (χ1v) is 4.87. The van der Waals surface area contributed by atoms with Crippen LogP contribution in [0.4, 0.5) is 11.4 Å². The van der Waals surface area contributed by atoms with Gasteiger partial charge in [-0.2, -0.15) is 0 Å². The lowest BCUT2D eigenvalue weighted by molar-refractivity contribution is 0.184. The van der Waals surface area contributed by atoms with E-state index < -0.39 is 0 Å². The molecule has 0 radical (unpaired) electrons. The zero-order valence-electron chi connectivity index (χ0n) is 8.79. The van der Waals surface area contributed by atoms with E-state index in [0.717, 1.165) is 24.4 Å². The van der Waals surface area contributed by atoms with Crippen LogP contribution in [0.5, 0.6) is 0 Å². The number of hydrogen-bond donors (Lipinski definition) is 2. The molecule has 1 rings (SSSR count). The van der Waals surface area contributed by atoms with E-state index in [9.17, 15) is 0 Å². The molecule has 1 aromatic rings. The predicted molar refractivity (Wildman–Crippen MR) is 60.4 cm³/mol. The molecule has 0 spiro atoms. The van der Waals surface area contributed by atoms with E-state index in [2.05, 4.69) is 12.2 Å². The van der Waals surface area contributed by atoms with Gasteiger partial charge in [0.25, 0.3) is 0 Å². The average Bonchev–Trinajstić information content (AvgIpc) is 2.20. The van der Waals surface area contributed by atoms with Gasteiger partial charge in [-0.3, -0.25) is 0 Å². The van der Waals surface area contributed by atoms with Gasteiger partial charge in [0, 0.05) is 24.5 Å². The first-order chi connectivity index (χ1) is 6.76. The van der Waals surface area contributed by atoms with Crippen molar-refractivity contribution in [1.82, 2.24) is 0 Å². The molecule has 0 amide bonds. The van der Waals surface area contributed by atoms with E-state index in [-0.39, 0.29) is 0 Å². The van der Waals surface area contributed by atoms with E-state index in [1.54, 1.807) is 7.11 Å². The molecule has 0 aliphatic heterocycles. The van der Waals surface area contributed by atoms with Crippen molar-refractivity contribution >= 4 is 11.4 Å². The predicted octanol–water partition coefficient (Wildman–Crippen LogP) is 2.11. The highest BCUT2D eigenvalue weighted by Gasteiger charge is 2.04. The van der Waals surface area contributed by atoms with E-state index in [1.807, 2.05) is 24.3 Å². The molecule has 0 aliphatic rings. The molecule has 0 heterocycles. The second-order valence-electron chi connectivity index (χ2n) is 3.33. The normalized spacial score (nSPS) is 12.4. The van der Waals surface area contributed by atoms with Crippen molar-refractivity contribution in [3.05, 3.63) is 24.3 Å². The summed E-state index contributed by atoms with van der Waals surface area (Å²) in [6.07, 6.45) is 1.04. The third kappa shape index (κ3) is 3.26. The smallest absolute Gasteiger partial charge is 0.0663 e. The van der Waals surface area contributed by atoms with Gasteiger partial charge < -0.3 is 15.8 Å². The van der Waals surface area contributed by atoms with Crippen LogP contribution in [0.3, 0.4) is 0 Å². The Morgan fingerprint density at radius 3 is 2.50 bits per heavy atom. The molecule has 0 saturated heterocycles. The Bertz CT molecular complexity index is 258. The molecular weight excluding hydrogens is 176 g/mol. The Morgan fingerprint density at radius 1 is 1.36 bits per heavy atom. The Hall–Kier alpha value is -1.22. The van der Waals surface area contributed by atoms with Crippen molar-refractivity contribution in [3.63, 3.8) is 0 Å². The summed E-state index contributed by atoms with van der Waals surface area (Å²) in [7, 11) is 1.72. The maximum Gasteiger partial charge on any atom is 0.0663 e. The number of rotatable bonds is 5. The van der Waals surface area contributed by atoms with Crippen LogP contribution in [0.2, 0.25) is 0 Å². The first-order valence-electron chi connectivity index (χ1n) is 4.87. The van der Waals surface area contributed by atoms with Gasteiger partial charge in [-0.15, -0.1) is 0 Å².